The number of esters is 4. The molecule has 0 aromatic heterocycles. The molecule has 4 aromatic carbocycles. The lowest BCUT2D eigenvalue weighted by molar-refractivity contribution is -0.143. The highest BCUT2D eigenvalue weighted by Gasteiger charge is 2.31. The van der Waals surface area contributed by atoms with Crippen molar-refractivity contribution in [3.63, 3.8) is 0 Å². The molecule has 77 heavy (non-hydrogen) atoms. The van der Waals surface area contributed by atoms with Crippen molar-refractivity contribution >= 4 is 120 Å². The molecule has 3 amide bonds. The Labute approximate surface area is 450 Å². The number of nitrogens with one attached hydrogen (secondary N) is 3. The van der Waals surface area contributed by atoms with Crippen LogP contribution in [0.15, 0.2) is 121 Å². The predicted octanol–water partition coefficient (Wildman–Crippen LogP) is 4.40. The van der Waals surface area contributed by atoms with Crippen LogP contribution in [0.3, 0.4) is 0 Å². The number of ether oxygens (including phenoxy) is 5. The van der Waals surface area contributed by atoms with Crippen LogP contribution in [-0.4, -0.2) is 121 Å². The first-order valence-corrected chi connectivity index (χ1v) is 22.7. The van der Waals surface area contributed by atoms with Crippen molar-refractivity contribution < 1.29 is 76.4 Å². The molecule has 3 N–H and O–H groups in total. The van der Waals surface area contributed by atoms with Gasteiger partial charge in [-0.3, -0.25) is 14.4 Å². The van der Waals surface area contributed by atoms with E-state index in [1.165, 1.54) is 84.3 Å². The molecule has 392 valence electrons. The molecule has 2 unspecified atom stereocenters. The minimum atomic E-state index is -1.16. The number of rotatable bonds is 18. The van der Waals surface area contributed by atoms with Crippen LogP contribution < -0.4 is 34.9 Å². The van der Waals surface area contributed by atoms with E-state index in [0.29, 0.717) is 28.0 Å². The Balaban J connectivity index is 0.000000517. The normalized spacial score (nSPS) is 11.3. The Morgan fingerprint density at radius 2 is 0.753 bits per heavy atom. The van der Waals surface area contributed by atoms with Crippen molar-refractivity contribution in [3.8, 4) is 23.0 Å². The maximum atomic E-state index is 12.1. The zero-order valence-electron chi connectivity index (χ0n) is 43.4. The molecule has 4 rings (SSSR count). The minimum Gasteiger partial charge on any atom is -0.453 e. The van der Waals surface area contributed by atoms with Gasteiger partial charge in [0.1, 0.15) is 40.6 Å². The highest BCUT2D eigenvalue weighted by Crippen LogP contribution is 2.23. The van der Waals surface area contributed by atoms with Gasteiger partial charge in [-0.1, -0.05) is 72.8 Å². The van der Waals surface area contributed by atoms with Gasteiger partial charge in [-0.05, 0) is 101 Å². The van der Waals surface area contributed by atoms with Crippen LogP contribution in [0, 0.1) is 0 Å². The fourth-order valence-corrected chi connectivity index (χ4v) is 5.46. The summed E-state index contributed by atoms with van der Waals surface area (Å²) in [4.78, 5) is 122. The van der Waals surface area contributed by atoms with Gasteiger partial charge in [-0.2, -0.15) is 0 Å². The molecule has 19 nitrogen and oxygen atoms in total. The van der Waals surface area contributed by atoms with Gasteiger partial charge >= 0.3 is 30.0 Å². The molecule has 0 aliphatic rings. The minimum absolute atomic E-state index is 0.249. The molecule has 0 heterocycles. The Kier molecular flexibility index (Phi) is 29.4. The van der Waals surface area contributed by atoms with E-state index in [1.807, 2.05) is 0 Å². The Bertz CT molecular complexity index is 2900. The summed E-state index contributed by atoms with van der Waals surface area (Å²) in [6, 6.07) is 25.2. The largest absolute Gasteiger partial charge is 0.453 e. The van der Waals surface area contributed by atoms with Gasteiger partial charge in [-0.15, -0.1) is 0 Å². The first kappa shape index (κ1) is 65.9. The van der Waals surface area contributed by atoms with Gasteiger partial charge in [0.15, 0.2) is 31.4 Å². The van der Waals surface area contributed by atoms with Crippen LogP contribution in [0.1, 0.15) is 70.7 Å². The van der Waals surface area contributed by atoms with Gasteiger partial charge in [0.25, 0.3) is 0 Å². The van der Waals surface area contributed by atoms with Crippen LogP contribution in [0.4, 0.5) is 4.79 Å². The second-order valence-corrected chi connectivity index (χ2v) is 16.0. The van der Waals surface area contributed by atoms with Crippen molar-refractivity contribution in [1.29, 1.82) is 0 Å². The molecule has 4 aromatic rings. The number of carbonyl (C=O) groups excluding carboxylic acids is 11. The number of benzene rings is 4. The van der Waals surface area contributed by atoms with Crippen LogP contribution in [0.2, 0.25) is 0 Å². The van der Waals surface area contributed by atoms with Gasteiger partial charge in [0.05, 0.1) is 29.8 Å². The zero-order valence-corrected chi connectivity index (χ0v) is 43.4. The Morgan fingerprint density at radius 3 is 1.04 bits per heavy atom. The van der Waals surface area contributed by atoms with E-state index in [4.69, 9.17) is 50.3 Å². The third kappa shape index (κ3) is 28.2. The number of para-hydroxylation sites is 4. The monoisotopic (exact) mass is 1040 g/mol. The lowest BCUT2D eigenvalue weighted by Gasteiger charge is -2.23. The maximum absolute atomic E-state index is 12.1. The number of hydrogen-bond donors (Lipinski definition) is 3. The third-order valence-electron chi connectivity index (χ3n) is 8.91. The molecule has 0 bridgehead atoms. The fraction of sp³-hybridized carbons (Fsp3) is 0.204. The second kappa shape index (κ2) is 34.4. The third-order valence-corrected chi connectivity index (χ3v) is 8.91. The van der Waals surface area contributed by atoms with E-state index in [0.717, 1.165) is 6.08 Å². The molecule has 0 spiro atoms. The average molecular weight is 1040 g/mol. The fourth-order valence-electron chi connectivity index (χ4n) is 5.46. The van der Waals surface area contributed by atoms with E-state index in [9.17, 15) is 52.7 Å². The molecule has 0 saturated heterocycles. The SMILES string of the molecule is [B]C(=O)/C=C\c1ccccc1OC(=O)C(C)(C)NC(C)=O.[B]C(=O)/C=C\c1ccccc1OC(=O)C(C)NC(=O)OC.[B]C(=O)/C=C\c1ccccc1OC(=O)C(C)NC(C)=O.[B]C(=O)/C=C\c1ccccc1OC(C)=O. The van der Waals surface area contributed by atoms with Crippen LogP contribution in [0.5, 0.6) is 23.0 Å². The van der Waals surface area contributed by atoms with Crippen molar-refractivity contribution in [2.45, 2.75) is 66.1 Å². The summed E-state index contributed by atoms with van der Waals surface area (Å²) in [6.45, 7) is 10.0. The maximum Gasteiger partial charge on any atom is 0.407 e. The predicted molar refractivity (Wildman–Crippen MR) is 289 cm³/mol. The standard InChI is InChI=1S/C15H16BNO4.C14H14BNO5.C14H14BNO4.C11H9BO3/c1-10(18)17-15(2,3)14(20)21-12-7-5-4-6-11(12)8-9-13(16)19;1-9(16-14(19)20-2)13(18)21-11-6-4-3-5-10(11)7-8-12(15)17;1-9(16-10(2)17)14(19)20-12-6-4-3-5-11(12)7-8-13(15)18;1-8(13)15-10-5-3-2-4-9(10)6-7-11(12)14/h4-9H,1-3H3,(H,17,18);3-9H,1-2H3,(H,16,19);3-9H,1-2H3,(H,16,17);2-7H,1H3/b9-8-;2*8-7-;7-6-. The van der Waals surface area contributed by atoms with Crippen molar-refractivity contribution in [3.05, 3.63) is 144 Å². The summed E-state index contributed by atoms with van der Waals surface area (Å²) >= 11 is 0. The number of alkyl carbamates (subject to hydrolysis) is 1. The molecular formula is C54H53B4N3O16. The first-order valence-electron chi connectivity index (χ1n) is 22.7. The summed E-state index contributed by atoms with van der Waals surface area (Å²) in [6.07, 6.45) is 9.82. The molecule has 0 saturated carbocycles. The van der Waals surface area contributed by atoms with Crippen LogP contribution in [-0.2, 0) is 52.7 Å². The summed E-state index contributed by atoms with van der Waals surface area (Å²) < 4.78 is 25.0. The number of allylic oxidation sites excluding steroid dienone is 4. The van der Waals surface area contributed by atoms with Crippen LogP contribution >= 0.6 is 0 Å². The van der Waals surface area contributed by atoms with E-state index >= 15 is 0 Å². The lowest BCUT2D eigenvalue weighted by atomic mass is 10.0. The summed E-state index contributed by atoms with van der Waals surface area (Å²) in [7, 11) is 21.2. The second-order valence-electron chi connectivity index (χ2n) is 16.0. The average Bonchev–Trinajstić information content (AvgIpc) is 3.34. The van der Waals surface area contributed by atoms with E-state index in [-0.39, 0.29) is 29.1 Å². The highest BCUT2D eigenvalue weighted by molar-refractivity contribution is 6.62. The smallest absolute Gasteiger partial charge is 0.407 e. The molecule has 2 atom stereocenters. The summed E-state index contributed by atoms with van der Waals surface area (Å²) in [5.41, 5.74) is -1.32. The van der Waals surface area contributed by atoms with Crippen LogP contribution in [0.25, 0.3) is 24.3 Å². The van der Waals surface area contributed by atoms with E-state index in [2.05, 4.69) is 20.7 Å². The van der Waals surface area contributed by atoms with Gasteiger partial charge in [0.2, 0.25) is 11.8 Å². The number of methoxy groups -OCH3 is 1. The molecule has 0 fully saturated rings. The summed E-state index contributed by atoms with van der Waals surface area (Å²) in [5, 5.41) is 7.22. The van der Waals surface area contributed by atoms with Crippen molar-refractivity contribution in [2.75, 3.05) is 7.11 Å². The molecule has 0 aliphatic heterocycles. The Morgan fingerprint density at radius 1 is 0.455 bits per heavy atom. The topological polar surface area (TPSA) is 270 Å². The van der Waals surface area contributed by atoms with Crippen molar-refractivity contribution in [1.82, 2.24) is 16.0 Å². The Hall–Kier alpha value is -9.13. The molecule has 0 aliphatic carbocycles. The number of amides is 3. The number of hydrogen-bond acceptors (Lipinski definition) is 16. The molecule has 8 radical (unpaired) electrons. The van der Waals surface area contributed by atoms with Gasteiger partial charge in [-0.25, -0.2) is 19.2 Å². The molecular weight excluding hydrogens is 990 g/mol. The van der Waals surface area contributed by atoms with E-state index in [1.54, 1.807) is 111 Å². The highest BCUT2D eigenvalue weighted by atomic mass is 16.6. The van der Waals surface area contributed by atoms with Gasteiger partial charge in [0, 0.05) is 43.0 Å². The zero-order chi connectivity index (χ0) is 58.3. The van der Waals surface area contributed by atoms with E-state index < -0.39 is 70.3 Å². The first-order chi connectivity index (χ1) is 36.1. The lowest BCUT2D eigenvalue weighted by Crippen LogP contribution is -2.51. The number of carbonyl (C=O) groups is 11. The summed E-state index contributed by atoms with van der Waals surface area (Å²) in [5.74, 6) is -1.73. The van der Waals surface area contributed by atoms with Gasteiger partial charge < -0.3 is 58.8 Å². The quantitative estimate of drug-likeness (QED) is 0.0539. The van der Waals surface area contributed by atoms with Crippen molar-refractivity contribution in [2.24, 2.45) is 0 Å². The molecule has 23 heteroatoms.